The molecule has 96 heavy (non-hydrogen) atoms. The van der Waals surface area contributed by atoms with E-state index in [-0.39, 0.29) is 57.8 Å². The highest BCUT2D eigenvalue weighted by Crippen LogP contribution is 2.40. The number of carbonyl (C=O) groups excluding carboxylic acids is 5. The van der Waals surface area contributed by atoms with Gasteiger partial charge in [-0.2, -0.15) is 69.7 Å². The van der Waals surface area contributed by atoms with Gasteiger partial charge in [0.05, 0.1) is 17.3 Å². The van der Waals surface area contributed by atoms with Crippen LogP contribution in [0.4, 0.5) is 52.7 Å². The average molecular weight is 1440 g/mol. The van der Waals surface area contributed by atoms with E-state index in [0.717, 1.165) is 22.8 Å². The lowest BCUT2D eigenvalue weighted by molar-refractivity contribution is -0.193. The molecule has 26 nitrogen and oxygen atoms in total. The minimum Gasteiger partial charge on any atom is -0.492 e. The van der Waals surface area contributed by atoms with E-state index in [4.69, 9.17) is 66.3 Å². The van der Waals surface area contributed by atoms with Gasteiger partial charge in [0, 0.05) is 66.7 Å². The first kappa shape index (κ1) is 85.2. The molecule has 1 aliphatic rings. The Morgan fingerprint density at radius 3 is 1.69 bits per heavy atom. The number of nitrogens with zero attached hydrogens (tertiary/aromatic N) is 4. The maximum absolute atomic E-state index is 14.7. The van der Waals surface area contributed by atoms with Crippen LogP contribution >= 0.6 is 33.3 Å². The van der Waals surface area contributed by atoms with E-state index in [2.05, 4.69) is 37.5 Å². The van der Waals surface area contributed by atoms with E-state index < -0.39 is 102 Å². The Kier molecular flexibility index (Phi) is 36.0. The molecule has 0 spiro atoms. The molecule has 5 amide bonds. The Balaban J connectivity index is 0.00000136. The van der Waals surface area contributed by atoms with Crippen LogP contribution in [0.2, 0.25) is 0 Å². The van der Waals surface area contributed by atoms with Crippen molar-refractivity contribution >= 4 is 86.8 Å². The summed E-state index contributed by atoms with van der Waals surface area (Å²) in [7, 11) is 5.07. The number of carboxylic acids is 4. The first-order valence-electron chi connectivity index (χ1n) is 26.9. The van der Waals surface area contributed by atoms with E-state index in [1.165, 1.54) is 30.6 Å². The number of rotatable bonds is 21. The number of halogens is 12. The second-order valence-electron chi connectivity index (χ2n) is 18.9. The van der Waals surface area contributed by atoms with Gasteiger partial charge in [0.2, 0.25) is 23.6 Å². The van der Waals surface area contributed by atoms with Gasteiger partial charge in [-0.1, -0.05) is 58.0 Å². The van der Waals surface area contributed by atoms with Crippen LogP contribution in [0.3, 0.4) is 0 Å². The van der Waals surface area contributed by atoms with Crippen LogP contribution in [0.15, 0.2) is 66.9 Å². The highest BCUT2D eigenvalue weighted by Gasteiger charge is 2.41. The zero-order valence-electron chi connectivity index (χ0n) is 50.5. The molecule has 4 atom stereocenters. The lowest BCUT2D eigenvalue weighted by Gasteiger charge is -2.32. The van der Waals surface area contributed by atoms with Gasteiger partial charge < -0.3 is 73.3 Å². The number of nitrogens with two attached hydrogens (primary N) is 3. The van der Waals surface area contributed by atoms with Crippen molar-refractivity contribution in [1.82, 2.24) is 36.1 Å². The summed E-state index contributed by atoms with van der Waals surface area (Å²) < 4.78 is 139. The smallest absolute Gasteiger partial charge is 0.490 e. The van der Waals surface area contributed by atoms with Crippen LogP contribution in [0.25, 0.3) is 22.5 Å². The number of aromatic nitrogens is 2. The summed E-state index contributed by atoms with van der Waals surface area (Å²) in [5.41, 5.74) is 22.0. The van der Waals surface area contributed by atoms with Gasteiger partial charge in [0.1, 0.15) is 55.4 Å². The Hall–Kier alpha value is -8.85. The molecule has 0 saturated carbocycles. The van der Waals surface area contributed by atoms with Crippen molar-refractivity contribution in [2.24, 2.45) is 17.2 Å². The van der Waals surface area contributed by atoms with Gasteiger partial charge in [-0.15, -0.1) is 0 Å². The van der Waals surface area contributed by atoms with Crippen LogP contribution in [-0.4, -0.2) is 196 Å². The fourth-order valence-corrected chi connectivity index (χ4v) is 10.3. The second-order valence-corrected chi connectivity index (χ2v) is 22.4. The summed E-state index contributed by atoms with van der Waals surface area (Å²) in [5.74, 6) is -10.1. The molecule has 4 aromatic rings. The van der Waals surface area contributed by atoms with Crippen molar-refractivity contribution in [1.29, 1.82) is 5.26 Å². The van der Waals surface area contributed by atoms with E-state index >= 15 is 0 Å². The number of carboxylic acid groups (broad SMARTS) is 4. The standard InChI is InChI=1S/C47H59N11O7S3.4C2HF3O2/c1-28-36(26-53-42(54-28)32-8-5-30(6-9-32)27-68-67-22-21-66-4)44(60)56-37(13-14-48)47(63)58(3)41-33-10-12-40(65-20-17-51)35(25-33)34-23-31(7-11-39(34)64-19-16-50)24-38(45(61)52-18-15-49)57-43(59)29(2)55-46(41)62;4*3-2(4,5)1(6)7/h5-12,23,25-26,29,37-38,41H,13-14,16-22,24,27,48,50-51H2,1-4H3,(H,52,61)(H,55,62)(H,56,60)(H,57,59);4*(H,6,7)/t29-,37-,38-,41-;;;;/m0..../s1. The van der Waals surface area contributed by atoms with E-state index in [0.29, 0.717) is 45.3 Å². The van der Waals surface area contributed by atoms with E-state index in [1.807, 2.05) is 63.7 Å². The number of nitriles is 1. The number of likely N-dealkylation sites (N-methyl/N-ethyl adjacent to an activating group) is 1. The van der Waals surface area contributed by atoms with Gasteiger partial charge in [-0.25, -0.2) is 29.1 Å². The summed E-state index contributed by atoms with van der Waals surface area (Å²) in [6, 6.07) is 15.0. The Bertz CT molecular complexity index is 3230. The summed E-state index contributed by atoms with van der Waals surface area (Å²) in [6.45, 7) is 3.49. The third-order valence-corrected chi connectivity index (χ3v) is 14.9. The third-order valence-electron chi connectivity index (χ3n) is 11.7. The summed E-state index contributed by atoms with van der Waals surface area (Å²) in [5, 5.41) is 48.4. The second kappa shape index (κ2) is 40.5. The summed E-state index contributed by atoms with van der Waals surface area (Å²) in [6.07, 6.45) is -16.8. The zero-order valence-corrected chi connectivity index (χ0v) is 52.9. The molecule has 0 unspecified atom stereocenters. The molecule has 41 heteroatoms. The molecule has 1 aliphatic heterocycles. The summed E-state index contributed by atoms with van der Waals surface area (Å²) in [4.78, 5) is 116. The fourth-order valence-electron chi connectivity index (χ4n) is 7.23. The number of carbonyl (C=O) groups is 9. The average Bonchev–Trinajstić information content (AvgIpc) is 0.784. The SMILES string of the molecule is CSCCSSCc1ccc(-c2ncc(C(=O)N[C@@H](CCN)C(=O)N(C)[C@@H]3C(=O)N[C@@H](C)C(=O)N[C@H](C(=O)NCC#N)Cc4ccc(OCCN)c(c4)-c4cc3ccc4OCCN)c(C)n2)cc1.O=C(O)C(F)(F)F.O=C(O)C(F)(F)F.O=C(O)C(F)(F)F.O=C(O)C(F)(F)F. The number of nitrogens with one attached hydrogen (secondary N) is 4. The van der Waals surface area contributed by atoms with Crippen LogP contribution in [0.1, 0.15) is 52.1 Å². The first-order valence-corrected chi connectivity index (χ1v) is 30.8. The largest absolute Gasteiger partial charge is 0.492 e. The van der Waals surface area contributed by atoms with Gasteiger partial charge in [-0.05, 0) is 74.0 Å². The Morgan fingerprint density at radius 2 is 1.23 bits per heavy atom. The molecular formula is C55H63F12N11O15S3. The number of alkyl halides is 12. The number of hydrogen-bond acceptors (Lipinski definition) is 20. The molecule has 3 aromatic carbocycles. The summed E-state index contributed by atoms with van der Waals surface area (Å²) >= 11 is 1.83. The monoisotopic (exact) mass is 1440 g/mol. The molecule has 530 valence electrons. The van der Waals surface area contributed by atoms with E-state index in [1.54, 1.807) is 43.3 Å². The molecule has 5 rings (SSSR count). The van der Waals surface area contributed by atoms with Crippen molar-refractivity contribution < 1.29 is 126 Å². The van der Waals surface area contributed by atoms with Crippen molar-refractivity contribution in [3.63, 3.8) is 0 Å². The lowest BCUT2D eigenvalue weighted by Crippen LogP contribution is -2.56. The Morgan fingerprint density at radius 1 is 0.729 bits per heavy atom. The van der Waals surface area contributed by atoms with Crippen molar-refractivity contribution in [2.45, 2.75) is 81.3 Å². The minimum absolute atomic E-state index is 0.000366. The number of aliphatic carboxylic acids is 4. The fraction of sp³-hybridized carbons (Fsp3) is 0.418. The molecular weight excluding hydrogens is 1380 g/mol. The van der Waals surface area contributed by atoms with Gasteiger partial charge in [0.15, 0.2) is 5.82 Å². The number of amides is 5. The zero-order chi connectivity index (χ0) is 73.5. The highest BCUT2D eigenvalue weighted by atomic mass is 33.1. The number of hydrogen-bond donors (Lipinski definition) is 11. The van der Waals surface area contributed by atoms with E-state index in [9.17, 15) is 81.9 Å². The predicted octanol–water partition coefficient (Wildman–Crippen LogP) is 5.40. The molecule has 1 aromatic heterocycles. The molecule has 0 saturated heterocycles. The van der Waals surface area contributed by atoms with Gasteiger partial charge >= 0.3 is 48.6 Å². The Labute approximate surface area is 549 Å². The van der Waals surface area contributed by atoms with Crippen LogP contribution in [-0.2, 0) is 50.5 Å². The highest BCUT2D eigenvalue weighted by molar-refractivity contribution is 8.76. The quantitative estimate of drug-likeness (QED) is 0.0215. The van der Waals surface area contributed by atoms with Gasteiger partial charge in [0.25, 0.3) is 5.91 Å². The van der Waals surface area contributed by atoms with Crippen LogP contribution in [0, 0.1) is 18.3 Å². The number of aryl methyl sites for hydroxylation is 1. The molecule has 0 fully saturated rings. The number of fused-ring (bicyclic) bond motifs is 5. The minimum atomic E-state index is -5.08. The van der Waals surface area contributed by atoms with Gasteiger partial charge in [-0.3, -0.25) is 24.0 Å². The van der Waals surface area contributed by atoms with Crippen molar-refractivity contribution in [3.8, 4) is 40.1 Å². The molecule has 4 bridgehead atoms. The number of ether oxygens (including phenoxy) is 2. The van der Waals surface area contributed by atoms with Crippen molar-refractivity contribution in [2.75, 3.05) is 64.2 Å². The van der Waals surface area contributed by atoms with Crippen LogP contribution < -0.4 is 47.9 Å². The first-order chi connectivity index (χ1) is 44.6. The van der Waals surface area contributed by atoms with Crippen molar-refractivity contribution in [3.05, 3.63) is 94.8 Å². The normalized spacial score (nSPS) is 14.8. The molecule has 2 heterocycles. The molecule has 0 radical (unpaired) electrons. The van der Waals surface area contributed by atoms with Crippen LogP contribution in [0.5, 0.6) is 11.5 Å². The predicted molar refractivity (Wildman–Crippen MR) is 322 cm³/mol. The number of benzene rings is 3. The molecule has 0 aliphatic carbocycles. The maximum Gasteiger partial charge on any atom is 0.490 e. The maximum atomic E-state index is 14.7. The molecule has 14 N–H and O–H groups in total. The number of thioether (sulfide) groups is 1. The topological polar surface area (TPSA) is 432 Å². The lowest BCUT2D eigenvalue weighted by atomic mass is 9.93. The third kappa shape index (κ3) is 29.8.